The first-order chi connectivity index (χ1) is 11.6. The van der Waals surface area contributed by atoms with E-state index in [2.05, 4.69) is 9.71 Å². The van der Waals surface area contributed by atoms with Gasteiger partial charge in [0.25, 0.3) is 0 Å². The van der Waals surface area contributed by atoms with Crippen LogP contribution in [0.25, 0.3) is 0 Å². The van der Waals surface area contributed by atoms with Crippen LogP contribution in [0.5, 0.6) is 0 Å². The van der Waals surface area contributed by atoms with Gasteiger partial charge in [0.05, 0.1) is 11.2 Å². The first kappa shape index (κ1) is 21.1. The number of aromatic nitrogens is 1. The zero-order valence-corrected chi connectivity index (χ0v) is 18.0. The quantitative estimate of drug-likeness (QED) is 0.795. The maximum absolute atomic E-state index is 12.9. The van der Waals surface area contributed by atoms with Gasteiger partial charge in [0.1, 0.15) is 10.7 Å². The second kappa shape index (κ2) is 6.47. The average molecular weight is 383 g/mol. The SMILES string of the molecule is CN(C)c1ncc(B2OC(C)(C)C(C)(C)O2)cc1S(=O)(=O)NC(C)(C)C. The molecular formula is C17H30BN3O4S. The standard InChI is InChI=1S/C17H30BN3O4S/c1-15(2,3)20-26(22,23)13-10-12(11-19-14(13)21(8)9)18-24-16(4,5)17(6,7)25-18/h10-11,20H,1-9H3. The summed E-state index contributed by atoms with van der Waals surface area (Å²) >= 11 is 0. The van der Waals surface area contributed by atoms with Crippen molar-refractivity contribution in [3.8, 4) is 0 Å². The van der Waals surface area contributed by atoms with Crippen molar-refractivity contribution in [3.05, 3.63) is 12.3 Å². The van der Waals surface area contributed by atoms with Crippen molar-refractivity contribution < 1.29 is 17.7 Å². The smallest absolute Gasteiger partial charge is 0.399 e. The van der Waals surface area contributed by atoms with Crippen LogP contribution in [0.1, 0.15) is 48.5 Å². The Balaban J connectivity index is 2.51. The van der Waals surface area contributed by atoms with Crippen molar-refractivity contribution >= 4 is 28.4 Å². The molecule has 0 amide bonds. The Kier molecular flexibility index (Phi) is 5.27. The third-order valence-corrected chi connectivity index (χ3v) is 6.29. The van der Waals surface area contributed by atoms with Crippen LogP contribution in [0.4, 0.5) is 5.82 Å². The van der Waals surface area contributed by atoms with Gasteiger partial charge in [0.2, 0.25) is 10.0 Å². The molecule has 0 atom stereocenters. The van der Waals surface area contributed by atoms with Gasteiger partial charge >= 0.3 is 7.12 Å². The molecular weight excluding hydrogens is 353 g/mol. The lowest BCUT2D eigenvalue weighted by Gasteiger charge is -2.32. The summed E-state index contributed by atoms with van der Waals surface area (Å²) in [5.41, 5.74) is -1.06. The Bertz CT molecular complexity index is 770. The Morgan fingerprint density at radius 2 is 1.62 bits per heavy atom. The van der Waals surface area contributed by atoms with Crippen molar-refractivity contribution in [2.45, 2.75) is 70.1 Å². The Morgan fingerprint density at radius 3 is 2.04 bits per heavy atom. The second-order valence-electron chi connectivity index (χ2n) is 8.93. The highest BCUT2D eigenvalue weighted by Gasteiger charge is 2.52. The van der Waals surface area contributed by atoms with E-state index < -0.39 is 33.9 Å². The predicted molar refractivity (Wildman–Crippen MR) is 104 cm³/mol. The van der Waals surface area contributed by atoms with Crippen molar-refractivity contribution in [2.24, 2.45) is 0 Å². The van der Waals surface area contributed by atoms with Gasteiger partial charge in [0.15, 0.2) is 0 Å². The molecule has 1 N–H and O–H groups in total. The topological polar surface area (TPSA) is 80.8 Å². The lowest BCUT2D eigenvalue weighted by molar-refractivity contribution is 0.00578. The summed E-state index contributed by atoms with van der Waals surface area (Å²) in [5.74, 6) is 0.363. The van der Waals surface area contributed by atoms with Crippen molar-refractivity contribution in [2.75, 3.05) is 19.0 Å². The van der Waals surface area contributed by atoms with Gasteiger partial charge in [-0.3, -0.25) is 0 Å². The summed E-state index contributed by atoms with van der Waals surface area (Å²) in [7, 11) is -0.929. The van der Waals surface area contributed by atoms with Crippen LogP contribution >= 0.6 is 0 Å². The minimum Gasteiger partial charge on any atom is -0.399 e. The van der Waals surface area contributed by atoms with Crippen LogP contribution < -0.4 is 15.1 Å². The van der Waals surface area contributed by atoms with Gasteiger partial charge in [-0.15, -0.1) is 0 Å². The molecule has 1 aromatic rings. The van der Waals surface area contributed by atoms with E-state index in [4.69, 9.17) is 9.31 Å². The maximum atomic E-state index is 12.9. The molecule has 0 saturated carbocycles. The largest absolute Gasteiger partial charge is 0.496 e. The minimum absolute atomic E-state index is 0.102. The lowest BCUT2D eigenvalue weighted by atomic mass is 9.80. The fourth-order valence-corrected chi connectivity index (χ4v) is 4.24. The van der Waals surface area contributed by atoms with Crippen molar-refractivity contribution in [3.63, 3.8) is 0 Å². The summed E-state index contributed by atoms with van der Waals surface area (Å²) in [6.07, 6.45) is 1.60. The van der Waals surface area contributed by atoms with E-state index in [0.717, 1.165) is 0 Å². The zero-order chi connectivity index (χ0) is 20.1. The molecule has 0 spiro atoms. The average Bonchev–Trinajstić information content (AvgIpc) is 2.64. The summed E-state index contributed by atoms with van der Waals surface area (Å²) in [5, 5.41) is 0. The zero-order valence-electron chi connectivity index (χ0n) is 17.2. The Morgan fingerprint density at radius 1 is 1.12 bits per heavy atom. The molecule has 1 aliphatic rings. The molecule has 0 aliphatic carbocycles. The summed E-state index contributed by atoms with van der Waals surface area (Å²) in [4.78, 5) is 6.13. The van der Waals surface area contributed by atoms with Crippen LogP contribution in [-0.2, 0) is 19.3 Å². The lowest BCUT2D eigenvalue weighted by Crippen LogP contribution is -2.42. The van der Waals surface area contributed by atoms with Crippen LogP contribution in [0.3, 0.4) is 0 Å². The first-order valence-corrected chi connectivity index (χ1v) is 10.1. The predicted octanol–water partition coefficient (Wildman–Crippen LogP) is 1.52. The Hall–Kier alpha value is -1.16. The first-order valence-electron chi connectivity index (χ1n) is 8.63. The molecule has 1 aromatic heterocycles. The molecule has 26 heavy (non-hydrogen) atoms. The fourth-order valence-electron chi connectivity index (χ4n) is 2.55. The minimum atomic E-state index is -3.77. The molecule has 1 aliphatic heterocycles. The number of pyridine rings is 1. The van der Waals surface area contributed by atoms with E-state index in [1.807, 2.05) is 27.7 Å². The summed E-state index contributed by atoms with van der Waals surface area (Å²) in [6.45, 7) is 13.2. The van der Waals surface area contributed by atoms with E-state index >= 15 is 0 Å². The third kappa shape index (κ3) is 4.22. The number of nitrogens with zero attached hydrogens (tertiary/aromatic N) is 2. The number of anilines is 1. The highest BCUT2D eigenvalue weighted by Crippen LogP contribution is 2.36. The summed E-state index contributed by atoms with van der Waals surface area (Å²) in [6, 6.07) is 1.58. The van der Waals surface area contributed by atoms with Gasteiger partial charge in [-0.25, -0.2) is 18.1 Å². The molecule has 2 rings (SSSR count). The number of sulfonamides is 1. The van der Waals surface area contributed by atoms with E-state index in [1.165, 1.54) is 0 Å². The summed E-state index contributed by atoms with van der Waals surface area (Å²) < 4.78 is 40.6. The van der Waals surface area contributed by atoms with E-state index in [1.54, 1.807) is 52.0 Å². The molecule has 0 unspecified atom stereocenters. The monoisotopic (exact) mass is 383 g/mol. The number of hydrogen-bond donors (Lipinski definition) is 1. The Labute approximate surface area is 157 Å². The number of nitrogens with one attached hydrogen (secondary N) is 1. The molecule has 1 saturated heterocycles. The highest BCUT2D eigenvalue weighted by atomic mass is 32.2. The van der Waals surface area contributed by atoms with Crippen LogP contribution in [-0.4, -0.2) is 51.4 Å². The van der Waals surface area contributed by atoms with Gasteiger partial charge in [0, 0.05) is 31.3 Å². The van der Waals surface area contributed by atoms with Crippen LogP contribution in [0, 0.1) is 0 Å². The molecule has 0 bridgehead atoms. The van der Waals surface area contributed by atoms with Gasteiger partial charge in [-0.1, -0.05) is 0 Å². The van der Waals surface area contributed by atoms with E-state index in [9.17, 15) is 8.42 Å². The molecule has 0 aromatic carbocycles. The van der Waals surface area contributed by atoms with E-state index in [-0.39, 0.29) is 4.90 Å². The molecule has 146 valence electrons. The molecule has 9 heteroatoms. The normalized spacial score (nSPS) is 19.7. The van der Waals surface area contributed by atoms with Crippen molar-refractivity contribution in [1.29, 1.82) is 0 Å². The molecule has 1 fully saturated rings. The number of hydrogen-bond acceptors (Lipinski definition) is 6. The van der Waals surface area contributed by atoms with E-state index in [0.29, 0.717) is 11.3 Å². The second-order valence-corrected chi connectivity index (χ2v) is 10.6. The molecule has 0 radical (unpaired) electrons. The van der Waals surface area contributed by atoms with Crippen molar-refractivity contribution in [1.82, 2.24) is 9.71 Å². The van der Waals surface area contributed by atoms with Gasteiger partial charge in [-0.05, 0) is 54.5 Å². The number of rotatable bonds is 4. The third-order valence-electron chi connectivity index (χ3n) is 4.53. The molecule has 2 heterocycles. The fraction of sp³-hybridized carbons (Fsp3) is 0.706. The maximum Gasteiger partial charge on any atom is 0.496 e. The van der Waals surface area contributed by atoms with Crippen LogP contribution in [0.15, 0.2) is 17.2 Å². The van der Waals surface area contributed by atoms with Gasteiger partial charge < -0.3 is 14.2 Å². The van der Waals surface area contributed by atoms with Gasteiger partial charge in [-0.2, -0.15) is 0 Å². The molecule has 7 nitrogen and oxygen atoms in total. The van der Waals surface area contributed by atoms with Crippen LogP contribution in [0.2, 0.25) is 0 Å². The highest BCUT2D eigenvalue weighted by molar-refractivity contribution is 7.89.